The van der Waals surface area contributed by atoms with Gasteiger partial charge in [0.25, 0.3) is 5.91 Å². The largest absolute Gasteiger partial charge is 0.488 e. The molecule has 0 saturated heterocycles. The molecule has 0 bridgehead atoms. The van der Waals surface area contributed by atoms with Crippen molar-refractivity contribution < 1.29 is 9.53 Å². The first kappa shape index (κ1) is 21.4. The number of aryl methyl sites for hydroxylation is 2. The molecule has 0 aliphatic rings. The Labute approximate surface area is 181 Å². The number of carbonyl (C=O) groups is 1. The molecule has 0 heterocycles. The van der Waals surface area contributed by atoms with Crippen LogP contribution >= 0.6 is 0 Å². The van der Waals surface area contributed by atoms with Gasteiger partial charge < -0.3 is 10.1 Å². The van der Waals surface area contributed by atoms with E-state index in [1.165, 1.54) is 6.08 Å². The molecule has 1 N–H and O–H groups in total. The molecule has 3 rings (SSSR count). The molecule has 0 aromatic heterocycles. The average Bonchev–Trinajstić information content (AvgIpc) is 2.79. The zero-order valence-electron chi connectivity index (χ0n) is 17.3. The fraction of sp³-hybridized carbons (Fsp3) is 0.115. The summed E-state index contributed by atoms with van der Waals surface area (Å²) < 4.78 is 5.91. The van der Waals surface area contributed by atoms with Crippen LogP contribution in [-0.4, -0.2) is 5.91 Å². The van der Waals surface area contributed by atoms with Crippen LogP contribution in [0.3, 0.4) is 0 Å². The summed E-state index contributed by atoms with van der Waals surface area (Å²) in [6.07, 6.45) is 1.51. The van der Waals surface area contributed by atoms with Crippen LogP contribution in [0, 0.1) is 36.5 Å². The molecule has 152 valence electrons. The highest BCUT2D eigenvalue weighted by molar-refractivity contribution is 6.10. The lowest BCUT2D eigenvalue weighted by atomic mass is 10.1. The quantitative estimate of drug-likeness (QED) is 0.444. The molecule has 0 spiro atoms. The van der Waals surface area contributed by atoms with E-state index in [2.05, 4.69) is 11.4 Å². The molecule has 0 atom stereocenters. The van der Waals surface area contributed by atoms with Gasteiger partial charge in [0, 0.05) is 16.8 Å². The van der Waals surface area contributed by atoms with Crippen LogP contribution in [-0.2, 0) is 11.4 Å². The second kappa shape index (κ2) is 9.91. The number of ether oxygens (including phenoxy) is 1. The Morgan fingerprint density at radius 3 is 2.55 bits per heavy atom. The number of hydrogen-bond donors (Lipinski definition) is 1. The molecule has 3 aromatic rings. The second-order valence-corrected chi connectivity index (χ2v) is 7.04. The monoisotopic (exact) mass is 407 g/mol. The van der Waals surface area contributed by atoms with Crippen molar-refractivity contribution in [2.45, 2.75) is 20.5 Å². The highest BCUT2D eigenvalue weighted by Crippen LogP contribution is 2.24. The number of nitriles is 2. The zero-order valence-corrected chi connectivity index (χ0v) is 17.3. The summed E-state index contributed by atoms with van der Waals surface area (Å²) in [6.45, 7) is 4.03. The van der Waals surface area contributed by atoms with Gasteiger partial charge in [-0.3, -0.25) is 4.79 Å². The SMILES string of the molecule is Cc1ccc(C)c(NC(=O)/C(C#N)=C/c2ccccc2OCc2ccccc2C#N)c1. The van der Waals surface area contributed by atoms with Gasteiger partial charge in [-0.2, -0.15) is 10.5 Å². The molecule has 3 aromatic carbocycles. The first-order chi connectivity index (χ1) is 15.0. The van der Waals surface area contributed by atoms with Gasteiger partial charge in [-0.05, 0) is 49.2 Å². The number of para-hydroxylation sites is 1. The summed E-state index contributed by atoms with van der Waals surface area (Å²) in [4.78, 5) is 12.7. The van der Waals surface area contributed by atoms with Crippen molar-refractivity contribution >= 4 is 17.7 Å². The number of amides is 1. The van der Waals surface area contributed by atoms with Crippen molar-refractivity contribution in [3.63, 3.8) is 0 Å². The van der Waals surface area contributed by atoms with E-state index in [9.17, 15) is 15.3 Å². The summed E-state index contributed by atoms with van der Waals surface area (Å²) >= 11 is 0. The molecule has 0 aliphatic heterocycles. The highest BCUT2D eigenvalue weighted by Gasteiger charge is 2.13. The normalized spacial score (nSPS) is 10.6. The maximum atomic E-state index is 12.7. The second-order valence-electron chi connectivity index (χ2n) is 7.04. The molecular formula is C26H21N3O2. The van der Waals surface area contributed by atoms with Crippen molar-refractivity contribution in [2.24, 2.45) is 0 Å². The van der Waals surface area contributed by atoms with Crippen molar-refractivity contribution in [2.75, 3.05) is 5.32 Å². The fourth-order valence-corrected chi connectivity index (χ4v) is 3.01. The van der Waals surface area contributed by atoms with Crippen LogP contribution in [0.4, 0.5) is 5.69 Å². The molecular weight excluding hydrogens is 386 g/mol. The van der Waals surface area contributed by atoms with Crippen LogP contribution in [0.5, 0.6) is 5.75 Å². The molecule has 31 heavy (non-hydrogen) atoms. The minimum Gasteiger partial charge on any atom is -0.488 e. The molecule has 0 aliphatic carbocycles. The van der Waals surface area contributed by atoms with Gasteiger partial charge in [-0.25, -0.2) is 0 Å². The molecule has 0 radical (unpaired) electrons. The van der Waals surface area contributed by atoms with E-state index in [1.54, 1.807) is 30.3 Å². The Kier molecular flexibility index (Phi) is 6.83. The Balaban J connectivity index is 1.83. The third kappa shape index (κ3) is 5.38. The third-order valence-electron chi connectivity index (χ3n) is 4.75. The standard InChI is InChI=1S/C26H21N3O2/c1-18-11-12-19(2)24(13-18)29-26(30)23(16-28)14-20-7-5-6-10-25(20)31-17-22-9-4-3-8-21(22)15-27/h3-14H,17H2,1-2H3,(H,29,30)/b23-14+. The van der Waals surface area contributed by atoms with E-state index >= 15 is 0 Å². The van der Waals surface area contributed by atoms with Gasteiger partial charge in [0.2, 0.25) is 0 Å². The first-order valence-corrected chi connectivity index (χ1v) is 9.72. The Hall–Kier alpha value is -4.35. The average molecular weight is 407 g/mol. The maximum absolute atomic E-state index is 12.7. The van der Waals surface area contributed by atoms with E-state index < -0.39 is 5.91 Å². The lowest BCUT2D eigenvalue weighted by molar-refractivity contribution is -0.112. The maximum Gasteiger partial charge on any atom is 0.266 e. The Morgan fingerprint density at radius 1 is 1.03 bits per heavy atom. The Morgan fingerprint density at radius 2 is 1.77 bits per heavy atom. The van der Waals surface area contributed by atoms with Crippen LogP contribution in [0.1, 0.15) is 27.8 Å². The van der Waals surface area contributed by atoms with Crippen LogP contribution in [0.25, 0.3) is 6.08 Å². The summed E-state index contributed by atoms with van der Waals surface area (Å²) in [6, 6.07) is 24.2. The summed E-state index contributed by atoms with van der Waals surface area (Å²) in [7, 11) is 0. The van der Waals surface area contributed by atoms with E-state index in [4.69, 9.17) is 4.74 Å². The summed E-state index contributed by atoms with van der Waals surface area (Å²) in [5.74, 6) is 0.0309. The van der Waals surface area contributed by atoms with Crippen LogP contribution in [0.15, 0.2) is 72.3 Å². The van der Waals surface area contributed by atoms with Gasteiger partial charge in [-0.1, -0.05) is 48.5 Å². The van der Waals surface area contributed by atoms with E-state index in [0.29, 0.717) is 22.6 Å². The van der Waals surface area contributed by atoms with Gasteiger partial charge in [0.05, 0.1) is 11.6 Å². The van der Waals surface area contributed by atoms with Crippen LogP contribution in [0.2, 0.25) is 0 Å². The predicted octanol–water partition coefficient (Wildman–Crippen LogP) is 5.30. The van der Waals surface area contributed by atoms with Crippen molar-refractivity contribution in [1.29, 1.82) is 10.5 Å². The summed E-state index contributed by atoms with van der Waals surface area (Å²) in [5, 5.41) is 21.6. The number of rotatable bonds is 6. The van der Waals surface area contributed by atoms with E-state index in [-0.39, 0.29) is 12.2 Å². The predicted molar refractivity (Wildman–Crippen MR) is 120 cm³/mol. The van der Waals surface area contributed by atoms with E-state index in [0.717, 1.165) is 16.7 Å². The number of benzene rings is 3. The van der Waals surface area contributed by atoms with Crippen molar-refractivity contribution in [3.05, 3.63) is 100 Å². The number of carbonyl (C=O) groups excluding carboxylic acids is 1. The first-order valence-electron chi connectivity index (χ1n) is 9.72. The van der Waals surface area contributed by atoms with Crippen molar-refractivity contribution in [1.82, 2.24) is 0 Å². The highest BCUT2D eigenvalue weighted by atomic mass is 16.5. The van der Waals surface area contributed by atoms with E-state index in [1.807, 2.05) is 56.3 Å². The van der Waals surface area contributed by atoms with Gasteiger partial charge in [-0.15, -0.1) is 0 Å². The molecule has 1 amide bonds. The lowest BCUT2D eigenvalue weighted by Gasteiger charge is -2.11. The third-order valence-corrected chi connectivity index (χ3v) is 4.75. The topological polar surface area (TPSA) is 85.9 Å². The molecule has 0 saturated carbocycles. The van der Waals surface area contributed by atoms with Gasteiger partial charge in [0.15, 0.2) is 0 Å². The number of nitrogens with zero attached hydrogens (tertiary/aromatic N) is 2. The molecule has 0 fully saturated rings. The van der Waals surface area contributed by atoms with Gasteiger partial charge >= 0.3 is 0 Å². The van der Waals surface area contributed by atoms with Crippen molar-refractivity contribution in [3.8, 4) is 17.9 Å². The number of anilines is 1. The minimum absolute atomic E-state index is 0.0330. The van der Waals surface area contributed by atoms with Crippen LogP contribution < -0.4 is 10.1 Å². The number of hydrogen-bond acceptors (Lipinski definition) is 4. The molecule has 5 nitrogen and oxygen atoms in total. The zero-order chi connectivity index (χ0) is 22.2. The Bertz CT molecular complexity index is 1230. The summed E-state index contributed by atoms with van der Waals surface area (Å²) in [5.41, 5.74) is 4.47. The smallest absolute Gasteiger partial charge is 0.266 e. The minimum atomic E-state index is -0.485. The molecule has 5 heteroatoms. The lowest BCUT2D eigenvalue weighted by Crippen LogP contribution is -2.14. The number of nitrogens with one attached hydrogen (secondary N) is 1. The fourth-order valence-electron chi connectivity index (χ4n) is 3.01. The van der Waals surface area contributed by atoms with Gasteiger partial charge in [0.1, 0.15) is 24.0 Å². The molecule has 0 unspecified atom stereocenters.